The van der Waals surface area contributed by atoms with Gasteiger partial charge in [0.15, 0.2) is 0 Å². The Bertz CT molecular complexity index is 837. The van der Waals surface area contributed by atoms with Gasteiger partial charge in [-0.1, -0.05) is 18.2 Å². The van der Waals surface area contributed by atoms with Gasteiger partial charge in [-0.2, -0.15) is 0 Å². The van der Waals surface area contributed by atoms with Crippen molar-refractivity contribution in [2.45, 2.75) is 23.2 Å². The summed E-state index contributed by atoms with van der Waals surface area (Å²) in [6.07, 6.45) is 0.534. The molecule has 2 aromatic carbocycles. The molecule has 0 radical (unpaired) electrons. The lowest BCUT2D eigenvalue weighted by atomic mass is 10.1. The average Bonchev–Trinajstić information content (AvgIpc) is 2.71. The van der Waals surface area contributed by atoms with Gasteiger partial charge in [-0.3, -0.25) is 14.5 Å². The highest BCUT2D eigenvalue weighted by atomic mass is 32.2. The van der Waals surface area contributed by atoms with Crippen molar-refractivity contribution < 1.29 is 24.2 Å². The third kappa shape index (κ3) is 4.26. The van der Waals surface area contributed by atoms with Gasteiger partial charge < -0.3 is 14.6 Å². The molecule has 0 aliphatic carbocycles. The van der Waals surface area contributed by atoms with Gasteiger partial charge in [-0.15, -0.1) is 11.8 Å². The van der Waals surface area contributed by atoms with Crippen molar-refractivity contribution >= 4 is 29.3 Å². The first-order valence-corrected chi connectivity index (χ1v) is 9.35. The maximum atomic E-state index is 13.1. The van der Waals surface area contributed by atoms with E-state index in [0.29, 0.717) is 17.7 Å². The number of rotatable bonds is 6. The molecular weight excluding hydrogens is 366 g/mol. The van der Waals surface area contributed by atoms with Crippen LogP contribution in [-0.4, -0.2) is 43.0 Å². The van der Waals surface area contributed by atoms with E-state index in [1.54, 1.807) is 13.2 Å². The van der Waals surface area contributed by atoms with Crippen LogP contribution in [-0.2, 0) is 27.4 Å². The second-order valence-electron chi connectivity index (χ2n) is 6.12. The number of carbonyl (C=O) groups excluding carboxylic acids is 2. The number of ether oxygens (including phenoxy) is 2. The van der Waals surface area contributed by atoms with Crippen LogP contribution in [0.2, 0.25) is 0 Å². The second-order valence-corrected chi connectivity index (χ2v) is 7.36. The van der Waals surface area contributed by atoms with Gasteiger partial charge >= 0.3 is 5.97 Å². The highest BCUT2D eigenvalue weighted by Crippen LogP contribution is 2.41. The van der Waals surface area contributed by atoms with E-state index in [1.807, 2.05) is 36.4 Å². The van der Waals surface area contributed by atoms with Crippen LogP contribution in [0.25, 0.3) is 0 Å². The molecule has 0 fully saturated rings. The number of aliphatic hydroxyl groups excluding tert-OH is 1. The van der Waals surface area contributed by atoms with E-state index in [4.69, 9.17) is 9.47 Å². The monoisotopic (exact) mass is 387 g/mol. The summed E-state index contributed by atoms with van der Waals surface area (Å²) in [4.78, 5) is 27.3. The van der Waals surface area contributed by atoms with Gasteiger partial charge in [-0.05, 0) is 41.8 Å². The zero-order valence-electron chi connectivity index (χ0n) is 15.2. The molecule has 1 amide bonds. The van der Waals surface area contributed by atoms with Crippen LogP contribution in [0.3, 0.4) is 0 Å². The van der Waals surface area contributed by atoms with Crippen LogP contribution < -0.4 is 9.64 Å². The number of methoxy groups -OCH3 is 2. The average molecular weight is 387 g/mol. The fourth-order valence-corrected chi connectivity index (χ4v) is 4.18. The van der Waals surface area contributed by atoms with Crippen LogP contribution in [0.1, 0.15) is 11.1 Å². The Hall–Kier alpha value is -2.51. The molecule has 1 heterocycles. The molecule has 27 heavy (non-hydrogen) atoms. The largest absolute Gasteiger partial charge is 0.497 e. The van der Waals surface area contributed by atoms with Crippen LogP contribution in [0.15, 0.2) is 47.4 Å². The number of hydrogen-bond donors (Lipinski definition) is 1. The Morgan fingerprint density at radius 1 is 1.15 bits per heavy atom. The molecule has 0 saturated carbocycles. The maximum Gasteiger partial charge on any atom is 0.325 e. The Morgan fingerprint density at radius 2 is 1.85 bits per heavy atom. The molecule has 1 N–H and O–H groups in total. The number of nitrogens with zero attached hydrogens (tertiary/aromatic N) is 1. The van der Waals surface area contributed by atoms with Crippen molar-refractivity contribution in [3.05, 3.63) is 53.6 Å². The molecular formula is C20H21NO5S. The first-order valence-electron chi connectivity index (χ1n) is 8.47. The summed E-state index contributed by atoms with van der Waals surface area (Å²) < 4.78 is 9.92. The molecule has 1 unspecified atom stereocenters. The smallest absolute Gasteiger partial charge is 0.325 e. The number of thioether (sulfide) groups is 1. The van der Waals surface area contributed by atoms with Crippen molar-refractivity contribution in [1.82, 2.24) is 0 Å². The Balaban J connectivity index is 1.90. The lowest BCUT2D eigenvalue weighted by molar-refractivity contribution is -0.140. The molecule has 2 aromatic rings. The lowest BCUT2D eigenvalue weighted by Crippen LogP contribution is -2.44. The van der Waals surface area contributed by atoms with Crippen LogP contribution in [0.5, 0.6) is 5.75 Å². The van der Waals surface area contributed by atoms with Gasteiger partial charge in [-0.25, -0.2) is 0 Å². The summed E-state index contributed by atoms with van der Waals surface area (Å²) in [5.74, 6) is 0.123. The molecule has 0 bridgehead atoms. The summed E-state index contributed by atoms with van der Waals surface area (Å²) in [5.41, 5.74) is 2.33. The van der Waals surface area contributed by atoms with Crippen molar-refractivity contribution in [1.29, 1.82) is 0 Å². The van der Waals surface area contributed by atoms with Crippen molar-refractivity contribution in [3.8, 4) is 5.75 Å². The Labute approximate surface area is 162 Å². The molecule has 6 nitrogen and oxygen atoms in total. The van der Waals surface area contributed by atoms with Gasteiger partial charge in [0.1, 0.15) is 12.3 Å². The summed E-state index contributed by atoms with van der Waals surface area (Å²) in [6, 6.07) is 13.0. The number of esters is 1. The molecule has 0 aromatic heterocycles. The van der Waals surface area contributed by atoms with E-state index >= 15 is 0 Å². The number of hydrogen-bond acceptors (Lipinski definition) is 6. The third-order valence-electron chi connectivity index (χ3n) is 4.40. The summed E-state index contributed by atoms with van der Waals surface area (Å²) in [7, 11) is 2.91. The van der Waals surface area contributed by atoms with Gasteiger partial charge in [0, 0.05) is 4.90 Å². The summed E-state index contributed by atoms with van der Waals surface area (Å²) in [6.45, 7) is -0.287. The van der Waals surface area contributed by atoms with Crippen molar-refractivity contribution in [2.75, 3.05) is 25.7 Å². The van der Waals surface area contributed by atoms with E-state index in [9.17, 15) is 14.7 Å². The number of fused-ring (bicyclic) bond motifs is 1. The van der Waals surface area contributed by atoms with E-state index in [1.165, 1.54) is 23.8 Å². The molecule has 3 rings (SSSR count). The quantitative estimate of drug-likeness (QED) is 0.767. The first-order chi connectivity index (χ1) is 13.0. The van der Waals surface area contributed by atoms with Gasteiger partial charge in [0.2, 0.25) is 5.91 Å². The number of amides is 1. The summed E-state index contributed by atoms with van der Waals surface area (Å²) >= 11 is 1.47. The Morgan fingerprint density at radius 3 is 2.48 bits per heavy atom. The molecule has 1 aliphatic heterocycles. The lowest BCUT2D eigenvalue weighted by Gasteiger charge is -2.33. The number of anilines is 1. The number of carbonyl (C=O) groups is 2. The topological polar surface area (TPSA) is 76.1 Å². The van der Waals surface area contributed by atoms with E-state index in [-0.39, 0.29) is 24.3 Å². The fourth-order valence-electron chi connectivity index (χ4n) is 2.93. The normalized spacial score (nSPS) is 16.0. The fraction of sp³-hybridized carbons (Fsp3) is 0.300. The summed E-state index contributed by atoms with van der Waals surface area (Å²) in [5, 5.41) is 9.05. The zero-order valence-corrected chi connectivity index (χ0v) is 16.0. The third-order valence-corrected chi connectivity index (χ3v) is 5.65. The standard InChI is InChI=1S/C20H21NO5S/c1-25-15-6-3-13(4-7-15)10-18-20(24)21(11-19(23)26-2)16-9-14(12-22)5-8-17(16)27-18/h3-9,18,22H,10-12H2,1-2H3. The predicted octanol–water partition coefficient (Wildman–Crippen LogP) is 2.41. The van der Waals surface area contributed by atoms with Gasteiger partial charge in [0.25, 0.3) is 0 Å². The van der Waals surface area contributed by atoms with Crippen molar-refractivity contribution in [2.24, 2.45) is 0 Å². The van der Waals surface area contributed by atoms with Crippen LogP contribution in [0.4, 0.5) is 5.69 Å². The zero-order chi connectivity index (χ0) is 19.4. The van der Waals surface area contributed by atoms with Crippen LogP contribution in [0, 0.1) is 0 Å². The minimum atomic E-state index is -0.487. The van der Waals surface area contributed by atoms with E-state index < -0.39 is 5.97 Å². The van der Waals surface area contributed by atoms with E-state index in [2.05, 4.69) is 0 Å². The highest BCUT2D eigenvalue weighted by Gasteiger charge is 2.35. The predicted molar refractivity (Wildman–Crippen MR) is 103 cm³/mol. The number of benzene rings is 2. The highest BCUT2D eigenvalue weighted by molar-refractivity contribution is 8.01. The van der Waals surface area contributed by atoms with E-state index in [0.717, 1.165) is 16.2 Å². The van der Waals surface area contributed by atoms with Crippen LogP contribution >= 0.6 is 11.8 Å². The second kappa shape index (κ2) is 8.45. The molecule has 142 valence electrons. The van der Waals surface area contributed by atoms with Crippen molar-refractivity contribution in [3.63, 3.8) is 0 Å². The minimum Gasteiger partial charge on any atom is -0.497 e. The Kier molecular flexibility index (Phi) is 6.03. The minimum absolute atomic E-state index is 0.131. The molecule has 1 atom stereocenters. The van der Waals surface area contributed by atoms with Gasteiger partial charge in [0.05, 0.1) is 31.8 Å². The molecule has 1 aliphatic rings. The molecule has 0 spiro atoms. The SMILES string of the molecule is COC(=O)CN1C(=O)C(Cc2ccc(OC)cc2)Sc2ccc(CO)cc21. The number of aliphatic hydroxyl groups is 1. The molecule has 7 heteroatoms. The molecule has 0 saturated heterocycles. The first kappa shape index (κ1) is 19.3. The maximum absolute atomic E-state index is 13.1.